The molecule has 2 N–H and O–H groups in total. The van der Waals surface area contributed by atoms with E-state index in [4.69, 9.17) is 16.7 Å². The van der Waals surface area contributed by atoms with Gasteiger partial charge in [0.05, 0.1) is 19.4 Å². The van der Waals surface area contributed by atoms with Crippen LogP contribution in [-0.2, 0) is 26.2 Å². The van der Waals surface area contributed by atoms with E-state index in [0.29, 0.717) is 10.6 Å². The number of aliphatic hydroxyl groups is 1. The Morgan fingerprint density at radius 3 is 2.26 bits per heavy atom. The van der Waals surface area contributed by atoms with Crippen LogP contribution in [-0.4, -0.2) is 67.5 Å². The van der Waals surface area contributed by atoms with Crippen molar-refractivity contribution >= 4 is 33.4 Å². The molecular weight excluding hydrogens is 442 g/mol. The van der Waals surface area contributed by atoms with Gasteiger partial charge in [0.2, 0.25) is 21.8 Å². The first-order valence-corrected chi connectivity index (χ1v) is 11.7. The number of aliphatic hydroxyl groups excluding tert-OH is 1. The lowest BCUT2D eigenvalue weighted by atomic mass is 10.0. The van der Waals surface area contributed by atoms with Crippen molar-refractivity contribution in [2.24, 2.45) is 0 Å². The second-order valence-electron chi connectivity index (χ2n) is 6.99. The van der Waals surface area contributed by atoms with E-state index in [9.17, 15) is 18.0 Å². The molecule has 0 saturated carbocycles. The predicted molar refractivity (Wildman–Crippen MR) is 119 cm³/mol. The van der Waals surface area contributed by atoms with Crippen LogP contribution in [0.25, 0.3) is 0 Å². The fourth-order valence-corrected chi connectivity index (χ4v) is 3.36. The van der Waals surface area contributed by atoms with Crippen molar-refractivity contribution < 1.29 is 23.1 Å². The molecule has 0 heterocycles. The Morgan fingerprint density at radius 2 is 1.71 bits per heavy atom. The first kappa shape index (κ1) is 24.8. The number of halogens is 1. The number of benzene rings is 2. The number of hydrogen-bond donors (Lipinski definition) is 2. The Bertz CT molecular complexity index is 984. The smallest absolute Gasteiger partial charge is 0.247 e. The third-order valence-corrected chi connectivity index (χ3v) is 6.11. The van der Waals surface area contributed by atoms with Gasteiger partial charge in [0.1, 0.15) is 6.04 Å². The van der Waals surface area contributed by atoms with Gasteiger partial charge in [-0.05, 0) is 23.3 Å². The monoisotopic (exact) mass is 467 g/mol. The van der Waals surface area contributed by atoms with Crippen LogP contribution in [0.2, 0.25) is 5.02 Å². The van der Waals surface area contributed by atoms with Gasteiger partial charge in [-0.3, -0.25) is 9.59 Å². The van der Waals surface area contributed by atoms with Crippen molar-refractivity contribution in [3.63, 3.8) is 0 Å². The van der Waals surface area contributed by atoms with E-state index < -0.39 is 34.4 Å². The van der Waals surface area contributed by atoms with Gasteiger partial charge in [-0.2, -0.15) is 4.31 Å². The van der Waals surface area contributed by atoms with Gasteiger partial charge in [-0.25, -0.2) is 8.42 Å². The summed E-state index contributed by atoms with van der Waals surface area (Å²) in [5.41, 5.74) is 1.28. The van der Waals surface area contributed by atoms with Crippen LogP contribution in [0.15, 0.2) is 54.6 Å². The molecule has 2 rings (SSSR count). The zero-order chi connectivity index (χ0) is 23.0. The summed E-state index contributed by atoms with van der Waals surface area (Å²) in [5.74, 6) is -1.03. The number of nitrogens with zero attached hydrogens (tertiary/aromatic N) is 2. The first-order chi connectivity index (χ1) is 14.6. The number of sulfonamides is 1. The number of likely N-dealkylation sites (N-methyl/N-ethyl adjacent to an activating group) is 1. The second-order valence-corrected chi connectivity index (χ2v) is 9.52. The molecule has 2 aromatic rings. The van der Waals surface area contributed by atoms with Gasteiger partial charge in [0.15, 0.2) is 0 Å². The molecule has 0 spiro atoms. The minimum atomic E-state index is -3.60. The average Bonchev–Trinajstić information content (AvgIpc) is 2.73. The number of nitrogens with one attached hydrogen (secondary N) is 1. The quantitative estimate of drug-likeness (QED) is 0.549. The summed E-state index contributed by atoms with van der Waals surface area (Å²) in [5, 5.41) is 12.2. The van der Waals surface area contributed by atoms with Crippen LogP contribution < -0.4 is 5.32 Å². The van der Waals surface area contributed by atoms with E-state index in [1.807, 2.05) is 0 Å². The lowest BCUT2D eigenvalue weighted by Crippen LogP contribution is -2.47. The minimum absolute atomic E-state index is 0.0222. The van der Waals surface area contributed by atoms with E-state index in [2.05, 4.69) is 5.32 Å². The maximum atomic E-state index is 13.2. The molecule has 1 unspecified atom stereocenters. The predicted octanol–water partition coefficient (Wildman–Crippen LogP) is 1.41. The highest BCUT2D eigenvalue weighted by atomic mass is 35.5. The zero-order valence-corrected chi connectivity index (χ0v) is 18.9. The highest BCUT2D eigenvalue weighted by molar-refractivity contribution is 7.88. The molecule has 10 heteroatoms. The van der Waals surface area contributed by atoms with Crippen LogP contribution in [0.5, 0.6) is 0 Å². The summed E-state index contributed by atoms with van der Waals surface area (Å²) in [6.45, 7) is -0.605. The van der Waals surface area contributed by atoms with Gasteiger partial charge in [-0.1, -0.05) is 54.1 Å². The highest BCUT2D eigenvalue weighted by Gasteiger charge is 2.32. The topological polar surface area (TPSA) is 107 Å². The fraction of sp³-hybridized carbons (Fsp3) is 0.333. The molecule has 0 fully saturated rings. The van der Waals surface area contributed by atoms with Gasteiger partial charge in [0.25, 0.3) is 0 Å². The molecular formula is C21H26ClN3O5S. The zero-order valence-electron chi connectivity index (χ0n) is 17.4. The molecule has 0 saturated heterocycles. The van der Waals surface area contributed by atoms with Crippen LogP contribution in [0.3, 0.4) is 0 Å². The molecule has 0 aliphatic carbocycles. The van der Waals surface area contributed by atoms with Crippen molar-refractivity contribution in [3.8, 4) is 0 Å². The van der Waals surface area contributed by atoms with Gasteiger partial charge in [0, 0.05) is 25.2 Å². The Hall–Kier alpha value is -2.46. The summed E-state index contributed by atoms with van der Waals surface area (Å²) < 4.78 is 24.6. The second kappa shape index (κ2) is 11.2. The van der Waals surface area contributed by atoms with Gasteiger partial charge >= 0.3 is 0 Å². The van der Waals surface area contributed by atoms with Crippen molar-refractivity contribution in [2.45, 2.75) is 12.6 Å². The molecule has 0 aliphatic rings. The number of amides is 2. The Kier molecular flexibility index (Phi) is 9.00. The summed E-state index contributed by atoms with van der Waals surface area (Å²) in [4.78, 5) is 27.6. The Balaban J connectivity index is 2.47. The van der Waals surface area contributed by atoms with Crippen molar-refractivity contribution in [3.05, 3.63) is 70.7 Å². The van der Waals surface area contributed by atoms with E-state index in [1.165, 1.54) is 11.9 Å². The molecule has 0 bridgehead atoms. The standard InChI is InChI=1S/C21H26ClN3O5S/c1-24(31(2,29)30)15-19(27)25(14-16-8-10-18(22)11-9-16)20(21(28)23-12-13-26)17-6-4-3-5-7-17/h3-11,20,26H,12-15H2,1-2H3,(H,23,28). The lowest BCUT2D eigenvalue weighted by molar-refractivity contribution is -0.141. The molecule has 0 radical (unpaired) electrons. The Labute approximate surface area is 187 Å². The van der Waals surface area contributed by atoms with Crippen LogP contribution in [0, 0.1) is 0 Å². The van der Waals surface area contributed by atoms with E-state index in [0.717, 1.165) is 16.1 Å². The number of carbonyl (C=O) groups is 2. The summed E-state index contributed by atoms with van der Waals surface area (Å²) in [6.07, 6.45) is 1.01. The largest absolute Gasteiger partial charge is 0.395 e. The number of hydrogen-bond acceptors (Lipinski definition) is 5. The molecule has 1 atom stereocenters. The summed E-state index contributed by atoms with van der Waals surface area (Å²) >= 11 is 5.95. The van der Waals surface area contributed by atoms with Gasteiger partial charge < -0.3 is 15.3 Å². The first-order valence-electron chi connectivity index (χ1n) is 9.52. The molecule has 0 aromatic heterocycles. The molecule has 168 valence electrons. The van der Waals surface area contributed by atoms with E-state index in [-0.39, 0.29) is 19.7 Å². The molecule has 31 heavy (non-hydrogen) atoms. The third kappa shape index (κ3) is 7.32. The van der Waals surface area contributed by atoms with Crippen molar-refractivity contribution in [2.75, 3.05) is 33.0 Å². The van der Waals surface area contributed by atoms with E-state index >= 15 is 0 Å². The fourth-order valence-electron chi connectivity index (χ4n) is 2.89. The van der Waals surface area contributed by atoms with Crippen LogP contribution in [0.1, 0.15) is 17.2 Å². The number of carbonyl (C=O) groups excluding carboxylic acids is 2. The van der Waals surface area contributed by atoms with E-state index in [1.54, 1.807) is 54.6 Å². The molecule has 2 amide bonds. The third-order valence-electron chi connectivity index (χ3n) is 4.60. The SMILES string of the molecule is CN(CC(=O)N(Cc1ccc(Cl)cc1)C(C(=O)NCCO)c1ccccc1)S(C)(=O)=O. The molecule has 8 nitrogen and oxygen atoms in total. The minimum Gasteiger partial charge on any atom is -0.395 e. The molecule has 2 aromatic carbocycles. The Morgan fingerprint density at radius 1 is 1.10 bits per heavy atom. The van der Waals surface area contributed by atoms with Gasteiger partial charge in [-0.15, -0.1) is 0 Å². The summed E-state index contributed by atoms with van der Waals surface area (Å²) in [7, 11) is -2.30. The number of rotatable bonds is 10. The lowest BCUT2D eigenvalue weighted by Gasteiger charge is -2.32. The maximum absolute atomic E-state index is 13.2. The van der Waals surface area contributed by atoms with Crippen molar-refractivity contribution in [1.82, 2.24) is 14.5 Å². The maximum Gasteiger partial charge on any atom is 0.247 e. The van der Waals surface area contributed by atoms with Crippen LogP contribution in [0.4, 0.5) is 0 Å². The van der Waals surface area contributed by atoms with Crippen LogP contribution >= 0.6 is 11.6 Å². The van der Waals surface area contributed by atoms with Crippen molar-refractivity contribution in [1.29, 1.82) is 0 Å². The average molecular weight is 468 g/mol. The molecule has 0 aliphatic heterocycles. The normalized spacial score (nSPS) is 12.4. The summed E-state index contributed by atoms with van der Waals surface area (Å²) in [6, 6.07) is 14.5. The highest BCUT2D eigenvalue weighted by Crippen LogP contribution is 2.25.